The van der Waals surface area contributed by atoms with Crippen molar-refractivity contribution in [3.8, 4) is 0 Å². The standard InChI is InChI=1S/C17H12ClN/c18-15(12-13-6-2-1-3-7-13)17-11-10-14-8-4-5-9-16(14)19-17/h1-12H/b15-12-. The van der Waals surface area contributed by atoms with Crippen LogP contribution in [0.4, 0.5) is 0 Å². The maximum atomic E-state index is 6.34. The minimum absolute atomic E-state index is 0.650. The molecule has 0 saturated heterocycles. The van der Waals surface area contributed by atoms with Crippen molar-refractivity contribution in [1.29, 1.82) is 0 Å². The summed E-state index contributed by atoms with van der Waals surface area (Å²) < 4.78 is 0. The third-order valence-corrected chi connectivity index (χ3v) is 3.24. The van der Waals surface area contributed by atoms with E-state index in [0.29, 0.717) is 5.03 Å². The summed E-state index contributed by atoms with van der Waals surface area (Å²) in [5.74, 6) is 0. The second-order valence-corrected chi connectivity index (χ2v) is 4.70. The summed E-state index contributed by atoms with van der Waals surface area (Å²) in [6.45, 7) is 0. The molecule has 0 aliphatic heterocycles. The van der Waals surface area contributed by atoms with Crippen molar-refractivity contribution in [2.75, 3.05) is 0 Å². The number of benzene rings is 2. The second-order valence-electron chi connectivity index (χ2n) is 4.29. The Morgan fingerprint density at radius 1 is 0.842 bits per heavy atom. The van der Waals surface area contributed by atoms with Crippen molar-refractivity contribution in [1.82, 2.24) is 4.98 Å². The van der Waals surface area contributed by atoms with Gasteiger partial charge in [-0.3, -0.25) is 0 Å². The molecule has 1 heterocycles. The predicted molar refractivity (Wildman–Crippen MR) is 81.9 cm³/mol. The molecule has 0 fully saturated rings. The number of fused-ring (bicyclic) bond motifs is 1. The molecule has 1 nitrogen and oxygen atoms in total. The summed E-state index contributed by atoms with van der Waals surface area (Å²) in [4.78, 5) is 4.57. The van der Waals surface area contributed by atoms with Crippen LogP contribution >= 0.6 is 11.6 Å². The highest BCUT2D eigenvalue weighted by molar-refractivity contribution is 6.51. The molecule has 2 heteroatoms. The average molecular weight is 266 g/mol. The van der Waals surface area contributed by atoms with E-state index in [1.165, 1.54) is 0 Å². The van der Waals surface area contributed by atoms with E-state index in [4.69, 9.17) is 11.6 Å². The second kappa shape index (κ2) is 5.25. The first-order valence-corrected chi connectivity index (χ1v) is 6.49. The Labute approximate surface area is 117 Å². The molecule has 0 radical (unpaired) electrons. The van der Waals surface area contributed by atoms with Gasteiger partial charge >= 0.3 is 0 Å². The van der Waals surface area contributed by atoms with Crippen molar-refractivity contribution in [2.24, 2.45) is 0 Å². The van der Waals surface area contributed by atoms with E-state index in [0.717, 1.165) is 22.2 Å². The van der Waals surface area contributed by atoms with Gasteiger partial charge in [-0.2, -0.15) is 0 Å². The fourth-order valence-electron chi connectivity index (χ4n) is 1.97. The van der Waals surface area contributed by atoms with Crippen LogP contribution < -0.4 is 0 Å². The maximum Gasteiger partial charge on any atom is 0.0823 e. The SMILES string of the molecule is Cl/C(=C\c1ccccc1)c1ccc2ccccc2n1. The van der Waals surface area contributed by atoms with E-state index in [1.54, 1.807) is 0 Å². The van der Waals surface area contributed by atoms with Crippen molar-refractivity contribution in [3.63, 3.8) is 0 Å². The Morgan fingerprint density at radius 2 is 1.58 bits per heavy atom. The molecule has 92 valence electrons. The highest BCUT2D eigenvalue weighted by atomic mass is 35.5. The summed E-state index contributed by atoms with van der Waals surface area (Å²) in [7, 11) is 0. The van der Waals surface area contributed by atoms with Crippen LogP contribution in [0, 0.1) is 0 Å². The summed E-state index contributed by atoms with van der Waals surface area (Å²) >= 11 is 6.34. The predicted octanol–water partition coefficient (Wildman–Crippen LogP) is 4.97. The van der Waals surface area contributed by atoms with Crippen LogP contribution in [-0.2, 0) is 0 Å². The average Bonchev–Trinajstić information content (AvgIpc) is 2.48. The van der Waals surface area contributed by atoms with Gasteiger partial charge in [0.25, 0.3) is 0 Å². The van der Waals surface area contributed by atoms with Crippen LogP contribution in [0.5, 0.6) is 0 Å². The zero-order valence-corrected chi connectivity index (χ0v) is 11.0. The normalized spacial score (nSPS) is 11.7. The number of pyridine rings is 1. The highest BCUT2D eigenvalue weighted by Gasteiger charge is 2.02. The molecular formula is C17H12ClN. The minimum Gasteiger partial charge on any atom is -0.247 e. The molecule has 0 bridgehead atoms. The number of nitrogens with zero attached hydrogens (tertiary/aromatic N) is 1. The summed E-state index contributed by atoms with van der Waals surface area (Å²) in [6.07, 6.45) is 1.93. The number of hydrogen-bond donors (Lipinski definition) is 0. The lowest BCUT2D eigenvalue weighted by Crippen LogP contribution is -1.86. The fourth-order valence-corrected chi connectivity index (χ4v) is 2.20. The van der Waals surface area contributed by atoms with E-state index < -0.39 is 0 Å². The lowest BCUT2D eigenvalue weighted by Gasteiger charge is -2.02. The molecule has 0 atom stereocenters. The van der Waals surface area contributed by atoms with Crippen LogP contribution in [0.2, 0.25) is 0 Å². The molecule has 1 aromatic heterocycles. The van der Waals surface area contributed by atoms with Crippen molar-refractivity contribution >= 4 is 33.6 Å². The largest absolute Gasteiger partial charge is 0.247 e. The van der Waals surface area contributed by atoms with E-state index in [1.807, 2.05) is 72.8 Å². The van der Waals surface area contributed by atoms with E-state index >= 15 is 0 Å². The Hall–Kier alpha value is -2.12. The Morgan fingerprint density at radius 3 is 2.42 bits per heavy atom. The van der Waals surface area contributed by atoms with Crippen molar-refractivity contribution in [2.45, 2.75) is 0 Å². The number of hydrogen-bond acceptors (Lipinski definition) is 1. The van der Waals surface area contributed by atoms with Gasteiger partial charge in [-0.1, -0.05) is 66.2 Å². The fraction of sp³-hybridized carbons (Fsp3) is 0. The summed E-state index contributed by atoms with van der Waals surface area (Å²) in [6, 6.07) is 22.0. The van der Waals surface area contributed by atoms with Gasteiger partial charge in [-0.05, 0) is 23.8 Å². The molecular weight excluding hydrogens is 254 g/mol. The number of para-hydroxylation sites is 1. The third kappa shape index (κ3) is 2.67. The molecule has 0 aliphatic rings. The third-order valence-electron chi connectivity index (χ3n) is 2.94. The molecule has 0 spiro atoms. The molecule has 0 N–H and O–H groups in total. The first-order valence-electron chi connectivity index (χ1n) is 6.11. The van der Waals surface area contributed by atoms with Gasteiger partial charge in [-0.25, -0.2) is 4.98 Å². The number of rotatable bonds is 2. The molecule has 0 unspecified atom stereocenters. The van der Waals surface area contributed by atoms with Gasteiger partial charge in [0.05, 0.1) is 16.2 Å². The van der Waals surface area contributed by atoms with Crippen LogP contribution in [0.1, 0.15) is 11.3 Å². The lowest BCUT2D eigenvalue weighted by molar-refractivity contribution is 1.37. The van der Waals surface area contributed by atoms with Crippen LogP contribution in [-0.4, -0.2) is 4.98 Å². The van der Waals surface area contributed by atoms with Gasteiger partial charge in [0.1, 0.15) is 0 Å². The molecule has 3 aromatic rings. The van der Waals surface area contributed by atoms with Gasteiger partial charge in [0.2, 0.25) is 0 Å². The van der Waals surface area contributed by atoms with Gasteiger partial charge in [-0.15, -0.1) is 0 Å². The summed E-state index contributed by atoms with van der Waals surface area (Å²) in [5, 5.41) is 1.77. The summed E-state index contributed by atoms with van der Waals surface area (Å²) in [5.41, 5.74) is 2.83. The molecule has 2 aromatic carbocycles. The Kier molecular flexibility index (Phi) is 3.30. The molecule has 3 rings (SSSR count). The Bertz CT molecular complexity index is 732. The first kappa shape index (κ1) is 11.9. The van der Waals surface area contributed by atoms with Crippen LogP contribution in [0.15, 0.2) is 66.7 Å². The zero-order valence-electron chi connectivity index (χ0n) is 10.3. The van der Waals surface area contributed by atoms with Gasteiger partial charge < -0.3 is 0 Å². The monoisotopic (exact) mass is 265 g/mol. The van der Waals surface area contributed by atoms with E-state index in [2.05, 4.69) is 4.98 Å². The van der Waals surface area contributed by atoms with Gasteiger partial charge in [0, 0.05) is 5.39 Å². The first-order chi connectivity index (χ1) is 9.33. The van der Waals surface area contributed by atoms with Crippen molar-refractivity contribution in [3.05, 3.63) is 78.0 Å². The molecule has 19 heavy (non-hydrogen) atoms. The van der Waals surface area contributed by atoms with Crippen molar-refractivity contribution < 1.29 is 0 Å². The maximum absolute atomic E-state index is 6.34. The zero-order chi connectivity index (χ0) is 13.1. The lowest BCUT2D eigenvalue weighted by atomic mass is 10.1. The Balaban J connectivity index is 2.02. The molecule has 0 amide bonds. The highest BCUT2D eigenvalue weighted by Crippen LogP contribution is 2.22. The quantitative estimate of drug-likeness (QED) is 0.637. The molecule has 0 aliphatic carbocycles. The van der Waals surface area contributed by atoms with Crippen LogP contribution in [0.3, 0.4) is 0 Å². The molecule has 0 saturated carbocycles. The topological polar surface area (TPSA) is 12.9 Å². The van der Waals surface area contributed by atoms with Gasteiger partial charge in [0.15, 0.2) is 0 Å². The number of halogens is 1. The number of aromatic nitrogens is 1. The minimum atomic E-state index is 0.650. The van der Waals surface area contributed by atoms with E-state index in [-0.39, 0.29) is 0 Å². The smallest absolute Gasteiger partial charge is 0.0823 e. The van der Waals surface area contributed by atoms with Crippen LogP contribution in [0.25, 0.3) is 22.0 Å². The van der Waals surface area contributed by atoms with E-state index in [9.17, 15) is 0 Å².